The lowest BCUT2D eigenvalue weighted by molar-refractivity contribution is -0.129. The highest BCUT2D eigenvalue weighted by Gasteiger charge is 2.19. The molecule has 4 N–H and O–H groups in total. The fraction of sp³-hybridized carbons (Fsp3) is 0.467. The summed E-state index contributed by atoms with van der Waals surface area (Å²) in [6, 6.07) is 9.57. The van der Waals surface area contributed by atoms with E-state index in [1.54, 1.807) is 0 Å². The normalized spacial score (nSPS) is 17.0. The van der Waals surface area contributed by atoms with Crippen molar-refractivity contribution in [2.45, 2.75) is 18.8 Å². The van der Waals surface area contributed by atoms with Gasteiger partial charge in [-0.3, -0.25) is 4.79 Å². The van der Waals surface area contributed by atoms with Crippen molar-refractivity contribution in [3.8, 4) is 0 Å². The van der Waals surface area contributed by atoms with E-state index < -0.39 is 0 Å². The van der Waals surface area contributed by atoms with Crippen LogP contribution in [0.4, 0.5) is 0 Å². The van der Waals surface area contributed by atoms with Gasteiger partial charge in [-0.15, -0.1) is 0 Å². The largest absolute Gasteiger partial charge is 0.409 e. The molecule has 0 radical (unpaired) electrons. The highest BCUT2D eigenvalue weighted by Crippen LogP contribution is 2.15. The summed E-state index contributed by atoms with van der Waals surface area (Å²) in [5.74, 6) is 0.00344. The molecule has 6 nitrogen and oxygen atoms in total. The number of nitrogens with zero attached hydrogens (tertiary/aromatic N) is 2. The molecule has 114 valence electrons. The molecule has 1 amide bonds. The Hall–Kier alpha value is -2.08. The molecule has 0 aliphatic carbocycles. The molecule has 0 bridgehead atoms. The van der Waals surface area contributed by atoms with Gasteiger partial charge in [0.15, 0.2) is 0 Å². The first kappa shape index (κ1) is 15.3. The number of hydrogen-bond acceptors (Lipinski definition) is 4. The zero-order chi connectivity index (χ0) is 15.1. The van der Waals surface area contributed by atoms with Crippen molar-refractivity contribution in [1.29, 1.82) is 0 Å². The molecule has 1 aliphatic heterocycles. The van der Waals surface area contributed by atoms with Gasteiger partial charge in [0.05, 0.1) is 12.5 Å². The van der Waals surface area contributed by atoms with Crippen molar-refractivity contribution in [1.82, 2.24) is 10.2 Å². The molecule has 1 heterocycles. The van der Waals surface area contributed by atoms with Crippen molar-refractivity contribution >= 4 is 11.7 Å². The Kier molecular flexibility index (Phi) is 5.57. The van der Waals surface area contributed by atoms with Crippen LogP contribution in [0.5, 0.6) is 0 Å². The standard InChI is InChI=1S/C15H22N4O2/c16-15(18-21)13(12-6-2-1-3-7-12)10-17-11-14(20)19-8-4-5-9-19/h1-3,6-7,13,17,21H,4-5,8-11H2,(H2,16,18). The van der Waals surface area contributed by atoms with Crippen LogP contribution in [0.15, 0.2) is 35.5 Å². The first-order valence-corrected chi connectivity index (χ1v) is 7.23. The number of carbonyl (C=O) groups excluding carboxylic acids is 1. The van der Waals surface area contributed by atoms with Crippen LogP contribution in [-0.2, 0) is 4.79 Å². The minimum absolute atomic E-state index is 0.110. The van der Waals surface area contributed by atoms with E-state index in [1.165, 1.54) is 0 Å². The maximum atomic E-state index is 12.0. The zero-order valence-electron chi connectivity index (χ0n) is 12.0. The first-order chi connectivity index (χ1) is 10.2. The fourth-order valence-electron chi connectivity index (χ4n) is 2.55. The van der Waals surface area contributed by atoms with Gasteiger partial charge in [-0.25, -0.2) is 0 Å². The van der Waals surface area contributed by atoms with Crippen LogP contribution >= 0.6 is 0 Å². The Morgan fingerprint density at radius 1 is 1.33 bits per heavy atom. The Bertz CT molecular complexity index is 484. The highest BCUT2D eigenvalue weighted by atomic mass is 16.4. The number of nitrogens with two attached hydrogens (primary N) is 1. The molecule has 1 aliphatic rings. The van der Waals surface area contributed by atoms with Crippen LogP contribution in [0.2, 0.25) is 0 Å². The molecule has 2 rings (SSSR count). The molecule has 1 fully saturated rings. The molecule has 0 aromatic heterocycles. The molecule has 6 heteroatoms. The quantitative estimate of drug-likeness (QED) is 0.312. The fourth-order valence-corrected chi connectivity index (χ4v) is 2.55. The Morgan fingerprint density at radius 2 is 2.00 bits per heavy atom. The molecule has 0 spiro atoms. The third-order valence-electron chi connectivity index (χ3n) is 3.76. The summed E-state index contributed by atoms with van der Waals surface area (Å²) in [7, 11) is 0. The molecule has 0 saturated carbocycles. The van der Waals surface area contributed by atoms with Crippen molar-refractivity contribution in [2.75, 3.05) is 26.2 Å². The Labute approximate surface area is 124 Å². The lowest BCUT2D eigenvalue weighted by atomic mass is 9.98. The Morgan fingerprint density at radius 3 is 2.62 bits per heavy atom. The summed E-state index contributed by atoms with van der Waals surface area (Å²) in [6.07, 6.45) is 2.17. The summed E-state index contributed by atoms with van der Waals surface area (Å²) in [4.78, 5) is 13.8. The van der Waals surface area contributed by atoms with E-state index in [9.17, 15) is 4.79 Å². The molecular weight excluding hydrogens is 268 g/mol. The molecule has 1 aromatic carbocycles. The van der Waals surface area contributed by atoms with Gasteiger partial charge in [-0.2, -0.15) is 0 Å². The van der Waals surface area contributed by atoms with E-state index in [-0.39, 0.29) is 24.2 Å². The van der Waals surface area contributed by atoms with Gasteiger partial charge in [-0.1, -0.05) is 35.5 Å². The minimum atomic E-state index is -0.248. The maximum absolute atomic E-state index is 12.0. The molecule has 21 heavy (non-hydrogen) atoms. The second-order valence-corrected chi connectivity index (χ2v) is 5.21. The van der Waals surface area contributed by atoms with Gasteiger partial charge in [0.2, 0.25) is 5.91 Å². The number of amidine groups is 1. The van der Waals surface area contributed by atoms with Gasteiger partial charge in [0.25, 0.3) is 0 Å². The van der Waals surface area contributed by atoms with Gasteiger partial charge in [0, 0.05) is 19.6 Å². The average Bonchev–Trinajstić information content (AvgIpc) is 3.06. The Balaban J connectivity index is 1.89. The van der Waals surface area contributed by atoms with Crippen LogP contribution in [0.25, 0.3) is 0 Å². The highest BCUT2D eigenvalue weighted by molar-refractivity contribution is 5.87. The van der Waals surface area contributed by atoms with Crippen LogP contribution in [0.3, 0.4) is 0 Å². The molecule has 1 aromatic rings. The summed E-state index contributed by atoms with van der Waals surface area (Å²) in [5.41, 5.74) is 6.71. The predicted molar refractivity (Wildman–Crippen MR) is 81.3 cm³/mol. The third kappa shape index (κ3) is 4.19. The van der Waals surface area contributed by atoms with E-state index in [0.717, 1.165) is 31.5 Å². The number of likely N-dealkylation sites (tertiary alicyclic amines) is 1. The van der Waals surface area contributed by atoms with Crippen LogP contribution in [0, 0.1) is 0 Å². The monoisotopic (exact) mass is 290 g/mol. The number of nitrogens with one attached hydrogen (secondary N) is 1. The SMILES string of the molecule is N/C(=N/O)C(CNCC(=O)N1CCCC1)c1ccccc1. The van der Waals surface area contributed by atoms with Crippen LogP contribution < -0.4 is 11.1 Å². The number of oxime groups is 1. The van der Waals surface area contributed by atoms with E-state index in [4.69, 9.17) is 10.9 Å². The number of carbonyl (C=O) groups is 1. The van der Waals surface area contributed by atoms with E-state index >= 15 is 0 Å². The second kappa shape index (κ2) is 7.64. The average molecular weight is 290 g/mol. The maximum Gasteiger partial charge on any atom is 0.236 e. The van der Waals surface area contributed by atoms with Crippen molar-refractivity contribution < 1.29 is 10.0 Å². The molecule has 1 unspecified atom stereocenters. The van der Waals surface area contributed by atoms with Crippen molar-refractivity contribution in [2.24, 2.45) is 10.9 Å². The summed E-state index contributed by atoms with van der Waals surface area (Å²) >= 11 is 0. The smallest absolute Gasteiger partial charge is 0.236 e. The minimum Gasteiger partial charge on any atom is -0.409 e. The predicted octanol–water partition coefficient (Wildman–Crippen LogP) is 0.729. The van der Waals surface area contributed by atoms with Crippen molar-refractivity contribution in [3.63, 3.8) is 0 Å². The number of hydrogen-bond donors (Lipinski definition) is 3. The summed E-state index contributed by atoms with van der Waals surface area (Å²) in [6.45, 7) is 2.44. The van der Waals surface area contributed by atoms with Gasteiger partial charge < -0.3 is 21.2 Å². The summed E-state index contributed by atoms with van der Waals surface area (Å²) in [5, 5.41) is 15.1. The molecule has 1 saturated heterocycles. The third-order valence-corrected chi connectivity index (χ3v) is 3.76. The lowest BCUT2D eigenvalue weighted by Gasteiger charge is -2.19. The topological polar surface area (TPSA) is 91.0 Å². The first-order valence-electron chi connectivity index (χ1n) is 7.23. The molecule has 1 atom stereocenters. The van der Waals surface area contributed by atoms with Crippen LogP contribution in [-0.4, -0.2) is 48.0 Å². The van der Waals surface area contributed by atoms with Gasteiger partial charge in [-0.05, 0) is 18.4 Å². The number of rotatable bonds is 6. The van der Waals surface area contributed by atoms with E-state index in [0.29, 0.717) is 6.54 Å². The zero-order valence-corrected chi connectivity index (χ0v) is 12.0. The number of benzene rings is 1. The lowest BCUT2D eigenvalue weighted by Crippen LogP contribution is -2.39. The van der Waals surface area contributed by atoms with Gasteiger partial charge in [0.1, 0.15) is 5.84 Å². The van der Waals surface area contributed by atoms with E-state index in [2.05, 4.69) is 10.5 Å². The van der Waals surface area contributed by atoms with E-state index in [1.807, 2.05) is 35.2 Å². The second-order valence-electron chi connectivity index (χ2n) is 5.21. The summed E-state index contributed by atoms with van der Waals surface area (Å²) < 4.78 is 0. The molecular formula is C15H22N4O2. The van der Waals surface area contributed by atoms with Crippen molar-refractivity contribution in [3.05, 3.63) is 35.9 Å². The van der Waals surface area contributed by atoms with Crippen LogP contribution in [0.1, 0.15) is 24.3 Å². The number of amides is 1. The van der Waals surface area contributed by atoms with Gasteiger partial charge >= 0.3 is 0 Å².